The molecule has 16 heavy (non-hydrogen) atoms. The van der Waals surface area contributed by atoms with E-state index in [1.165, 1.54) is 5.69 Å². The number of nitrogens with zero attached hydrogens (tertiary/aromatic N) is 1. The maximum absolute atomic E-state index is 5.67. The van der Waals surface area contributed by atoms with Gasteiger partial charge in [0.05, 0.1) is 6.54 Å². The van der Waals surface area contributed by atoms with Gasteiger partial charge < -0.3 is 9.64 Å². The Morgan fingerprint density at radius 3 is 2.75 bits per heavy atom. The van der Waals surface area contributed by atoms with Gasteiger partial charge in [-0.15, -0.1) is 0 Å². The molecule has 0 radical (unpaired) electrons. The van der Waals surface area contributed by atoms with Crippen LogP contribution in [0, 0.1) is 12.1 Å². The SMILES string of the molecule is c1cc2c(cc#1)OCN(c1ccccc1)C2. The molecular weight excluding hydrogens is 198 g/mol. The number of para-hydroxylation sites is 1. The lowest BCUT2D eigenvalue weighted by Gasteiger charge is -2.30. The second-order valence-corrected chi connectivity index (χ2v) is 3.77. The molecule has 2 aromatic carbocycles. The Kier molecular flexibility index (Phi) is 2.16. The summed E-state index contributed by atoms with van der Waals surface area (Å²) in [5, 5.41) is 0. The first kappa shape index (κ1) is 9.11. The average molecular weight is 209 g/mol. The molecule has 2 aromatic rings. The molecule has 0 aromatic heterocycles. The van der Waals surface area contributed by atoms with E-state index >= 15 is 0 Å². The van der Waals surface area contributed by atoms with Gasteiger partial charge in [-0.3, -0.25) is 0 Å². The minimum absolute atomic E-state index is 0.592. The van der Waals surface area contributed by atoms with Crippen LogP contribution in [0.25, 0.3) is 0 Å². The summed E-state index contributed by atoms with van der Waals surface area (Å²) in [4.78, 5) is 2.19. The van der Waals surface area contributed by atoms with E-state index in [0.29, 0.717) is 6.73 Å². The molecule has 2 heteroatoms. The summed E-state index contributed by atoms with van der Waals surface area (Å²) < 4.78 is 5.67. The van der Waals surface area contributed by atoms with E-state index in [4.69, 9.17) is 4.74 Å². The lowest BCUT2D eigenvalue weighted by atomic mass is 10.2. The zero-order valence-electron chi connectivity index (χ0n) is 8.81. The summed E-state index contributed by atoms with van der Waals surface area (Å²) in [5.74, 6) is 0.922. The lowest BCUT2D eigenvalue weighted by molar-refractivity contribution is 0.289. The topological polar surface area (TPSA) is 12.5 Å². The highest BCUT2D eigenvalue weighted by Crippen LogP contribution is 2.26. The molecule has 0 unspecified atom stereocenters. The van der Waals surface area contributed by atoms with Crippen LogP contribution < -0.4 is 9.64 Å². The Morgan fingerprint density at radius 2 is 1.88 bits per heavy atom. The van der Waals surface area contributed by atoms with E-state index in [1.54, 1.807) is 0 Å². The molecule has 0 saturated heterocycles. The highest BCUT2D eigenvalue weighted by atomic mass is 16.5. The van der Waals surface area contributed by atoms with Gasteiger partial charge in [-0.05, 0) is 18.2 Å². The standard InChI is InChI=1S/C14H11NO/c1-2-7-13(8-3-1)15-10-12-6-4-5-9-14(12)16-11-15/h1-3,6-9H,10-11H2. The highest BCUT2D eigenvalue weighted by molar-refractivity contribution is 5.49. The van der Waals surface area contributed by atoms with E-state index < -0.39 is 0 Å². The van der Waals surface area contributed by atoms with Crippen LogP contribution in [0.1, 0.15) is 5.56 Å². The molecule has 0 fully saturated rings. The lowest BCUT2D eigenvalue weighted by Crippen LogP contribution is -2.31. The van der Waals surface area contributed by atoms with E-state index in [9.17, 15) is 0 Å². The van der Waals surface area contributed by atoms with Crippen molar-refractivity contribution in [1.82, 2.24) is 0 Å². The summed E-state index contributed by atoms with van der Waals surface area (Å²) >= 11 is 0. The van der Waals surface area contributed by atoms with Crippen LogP contribution in [0.5, 0.6) is 5.75 Å². The van der Waals surface area contributed by atoms with Crippen molar-refractivity contribution in [2.24, 2.45) is 0 Å². The molecule has 0 aliphatic carbocycles. The molecule has 1 aliphatic rings. The Morgan fingerprint density at radius 1 is 1.06 bits per heavy atom. The second-order valence-electron chi connectivity index (χ2n) is 3.77. The molecule has 0 amide bonds. The van der Waals surface area contributed by atoms with Crippen molar-refractivity contribution in [2.45, 2.75) is 6.54 Å². The Hall–Kier alpha value is -2.14. The van der Waals surface area contributed by atoms with Gasteiger partial charge in [-0.2, -0.15) is 0 Å². The van der Waals surface area contributed by atoms with E-state index in [0.717, 1.165) is 17.9 Å². The third-order valence-electron chi connectivity index (χ3n) is 2.71. The number of rotatable bonds is 1. The zero-order valence-corrected chi connectivity index (χ0v) is 8.81. The van der Waals surface area contributed by atoms with Crippen LogP contribution in [0.2, 0.25) is 0 Å². The molecule has 1 aliphatic heterocycles. The molecule has 3 rings (SSSR count). The Bertz CT molecular complexity index is 481. The molecule has 0 bridgehead atoms. The van der Waals surface area contributed by atoms with Gasteiger partial charge in [-0.1, -0.05) is 30.3 Å². The number of hydrogen-bond donors (Lipinski definition) is 0. The smallest absolute Gasteiger partial charge is 0.161 e. The molecule has 2 nitrogen and oxygen atoms in total. The van der Waals surface area contributed by atoms with Crippen LogP contribution in [-0.4, -0.2) is 6.73 Å². The normalized spacial score (nSPS) is 13.6. The van der Waals surface area contributed by atoms with Gasteiger partial charge in [0, 0.05) is 17.3 Å². The van der Waals surface area contributed by atoms with Crippen LogP contribution >= 0.6 is 0 Å². The van der Waals surface area contributed by atoms with Crippen molar-refractivity contribution in [2.75, 3.05) is 11.6 Å². The van der Waals surface area contributed by atoms with Crippen molar-refractivity contribution in [3.63, 3.8) is 0 Å². The third kappa shape index (κ3) is 1.57. The predicted octanol–water partition coefficient (Wildman–Crippen LogP) is 2.64. The summed E-state index contributed by atoms with van der Waals surface area (Å²) in [5.41, 5.74) is 2.34. The quantitative estimate of drug-likeness (QED) is 0.716. The van der Waals surface area contributed by atoms with E-state index in [1.807, 2.05) is 30.3 Å². The summed E-state index contributed by atoms with van der Waals surface area (Å²) in [6.45, 7) is 1.46. The maximum atomic E-state index is 5.67. The second kappa shape index (κ2) is 3.79. The largest absolute Gasteiger partial charge is 0.472 e. The van der Waals surface area contributed by atoms with Crippen LogP contribution in [0.3, 0.4) is 0 Å². The fourth-order valence-electron chi connectivity index (χ4n) is 1.86. The molecule has 78 valence electrons. The fourth-order valence-corrected chi connectivity index (χ4v) is 1.86. The van der Waals surface area contributed by atoms with Crippen molar-refractivity contribution in [1.29, 1.82) is 0 Å². The Labute approximate surface area is 95.1 Å². The molecule has 0 saturated carbocycles. The number of fused-ring (bicyclic) bond motifs is 1. The van der Waals surface area contributed by atoms with Gasteiger partial charge in [0.25, 0.3) is 0 Å². The van der Waals surface area contributed by atoms with Crippen molar-refractivity contribution >= 4 is 5.69 Å². The number of benzene rings is 1. The average Bonchev–Trinajstić information content (AvgIpc) is 2.39. The zero-order chi connectivity index (χ0) is 10.8. The first-order valence-electron chi connectivity index (χ1n) is 5.27. The van der Waals surface area contributed by atoms with Crippen molar-refractivity contribution in [3.05, 3.63) is 60.2 Å². The maximum Gasteiger partial charge on any atom is 0.161 e. The van der Waals surface area contributed by atoms with Crippen LogP contribution in [0.15, 0.2) is 42.5 Å². The van der Waals surface area contributed by atoms with Crippen LogP contribution in [-0.2, 0) is 6.54 Å². The van der Waals surface area contributed by atoms with E-state index in [-0.39, 0.29) is 0 Å². The Balaban J connectivity index is 1.89. The highest BCUT2D eigenvalue weighted by Gasteiger charge is 2.16. The first-order chi connectivity index (χ1) is 7.93. The van der Waals surface area contributed by atoms with E-state index in [2.05, 4.69) is 29.2 Å². The number of ether oxygens (including phenoxy) is 1. The predicted molar refractivity (Wildman–Crippen MR) is 62.2 cm³/mol. The summed E-state index contributed by atoms with van der Waals surface area (Å²) in [6.07, 6.45) is 0. The third-order valence-corrected chi connectivity index (χ3v) is 2.71. The van der Waals surface area contributed by atoms with Crippen LogP contribution in [0.4, 0.5) is 5.69 Å². The van der Waals surface area contributed by atoms with Gasteiger partial charge in [0.2, 0.25) is 0 Å². The van der Waals surface area contributed by atoms with Gasteiger partial charge in [-0.25, -0.2) is 0 Å². The van der Waals surface area contributed by atoms with Crippen molar-refractivity contribution < 1.29 is 4.74 Å². The monoisotopic (exact) mass is 209 g/mol. The molecule has 1 heterocycles. The minimum atomic E-state index is 0.592. The number of hydrogen-bond acceptors (Lipinski definition) is 2. The van der Waals surface area contributed by atoms with Gasteiger partial charge in [0.1, 0.15) is 5.75 Å². The first-order valence-corrected chi connectivity index (χ1v) is 5.27. The molecule has 0 N–H and O–H groups in total. The number of anilines is 1. The van der Waals surface area contributed by atoms with Crippen molar-refractivity contribution in [3.8, 4) is 5.75 Å². The molecular formula is C14H11NO. The summed E-state index contributed by atoms with van der Waals surface area (Å²) in [6, 6.07) is 19.9. The fraction of sp³-hybridized carbons (Fsp3) is 0.143. The molecule has 0 atom stereocenters. The van der Waals surface area contributed by atoms with Gasteiger partial charge >= 0.3 is 0 Å². The van der Waals surface area contributed by atoms with Gasteiger partial charge in [0.15, 0.2) is 6.73 Å². The molecule has 0 spiro atoms. The summed E-state index contributed by atoms with van der Waals surface area (Å²) in [7, 11) is 0. The minimum Gasteiger partial charge on any atom is -0.472 e.